The minimum absolute atomic E-state index is 0.00942. The first-order valence-corrected chi connectivity index (χ1v) is 9.02. The fraction of sp³-hybridized carbons (Fsp3) is 0.273. The zero-order chi connectivity index (χ0) is 18.4. The van der Waals surface area contributed by atoms with Gasteiger partial charge in [0.05, 0.1) is 0 Å². The lowest BCUT2D eigenvalue weighted by molar-refractivity contribution is -0.130. The lowest BCUT2D eigenvalue weighted by Gasteiger charge is -2.30. The van der Waals surface area contributed by atoms with Crippen LogP contribution in [0, 0.1) is 12.8 Å². The highest BCUT2D eigenvalue weighted by Gasteiger charge is 2.26. The molecule has 26 heavy (non-hydrogen) atoms. The average Bonchev–Trinajstić information content (AvgIpc) is 2.68. The average molecular weight is 348 g/mol. The third kappa shape index (κ3) is 4.60. The molecule has 0 aliphatic carbocycles. The number of hydrogen-bond acceptors (Lipinski definition) is 2. The molecule has 2 amide bonds. The Morgan fingerprint density at radius 1 is 1.00 bits per heavy atom. The molecule has 134 valence electrons. The number of likely N-dealkylation sites (tertiary alicyclic amines) is 1. The van der Waals surface area contributed by atoms with Crippen LogP contribution in [0.15, 0.2) is 60.7 Å². The van der Waals surface area contributed by atoms with Crippen LogP contribution in [-0.4, -0.2) is 29.8 Å². The molecule has 1 aliphatic rings. The third-order valence-electron chi connectivity index (χ3n) is 4.81. The van der Waals surface area contributed by atoms with Gasteiger partial charge in [0.2, 0.25) is 11.8 Å². The highest BCUT2D eigenvalue weighted by molar-refractivity contribution is 5.94. The van der Waals surface area contributed by atoms with Crippen molar-refractivity contribution in [2.75, 3.05) is 18.4 Å². The second-order valence-electron chi connectivity index (χ2n) is 6.64. The predicted molar refractivity (Wildman–Crippen MR) is 105 cm³/mol. The molecule has 1 heterocycles. The van der Waals surface area contributed by atoms with Crippen LogP contribution in [0.1, 0.15) is 24.0 Å². The molecule has 2 aromatic rings. The van der Waals surface area contributed by atoms with E-state index in [1.807, 2.05) is 72.5 Å². The van der Waals surface area contributed by atoms with Crippen molar-refractivity contribution in [3.63, 3.8) is 0 Å². The normalized spacial score (nSPS) is 15.2. The Labute approximate surface area is 154 Å². The van der Waals surface area contributed by atoms with Crippen LogP contribution in [0.3, 0.4) is 0 Å². The minimum Gasteiger partial charge on any atom is -0.339 e. The van der Waals surface area contributed by atoms with Crippen molar-refractivity contribution in [3.05, 3.63) is 71.8 Å². The van der Waals surface area contributed by atoms with E-state index in [2.05, 4.69) is 5.32 Å². The van der Waals surface area contributed by atoms with Crippen molar-refractivity contribution < 1.29 is 9.59 Å². The van der Waals surface area contributed by atoms with E-state index in [1.165, 1.54) is 0 Å². The molecule has 1 N–H and O–H groups in total. The van der Waals surface area contributed by atoms with Gasteiger partial charge in [0.15, 0.2) is 0 Å². The van der Waals surface area contributed by atoms with Crippen molar-refractivity contribution in [1.82, 2.24) is 4.90 Å². The van der Waals surface area contributed by atoms with Gasteiger partial charge in [-0.1, -0.05) is 42.5 Å². The number of carbonyl (C=O) groups excluding carboxylic acids is 2. The SMILES string of the molecule is Cc1ccccc1/C=C/C(=O)N1CCC(C(=O)Nc2ccccc2)CC1. The number of hydrogen-bond donors (Lipinski definition) is 1. The number of rotatable bonds is 4. The number of anilines is 1. The summed E-state index contributed by atoms with van der Waals surface area (Å²) in [5.41, 5.74) is 3.02. The van der Waals surface area contributed by atoms with Gasteiger partial charge in [0, 0.05) is 30.8 Å². The molecule has 0 aromatic heterocycles. The summed E-state index contributed by atoms with van der Waals surface area (Å²) in [6.45, 7) is 3.26. The molecule has 0 spiro atoms. The lowest BCUT2D eigenvalue weighted by atomic mass is 9.95. The maximum Gasteiger partial charge on any atom is 0.246 e. The maximum atomic E-state index is 12.4. The summed E-state index contributed by atoms with van der Waals surface area (Å²) in [5.74, 6) is 0.00789. The quantitative estimate of drug-likeness (QED) is 0.852. The van der Waals surface area contributed by atoms with Crippen LogP contribution in [0.25, 0.3) is 6.08 Å². The molecule has 0 unspecified atom stereocenters. The van der Waals surface area contributed by atoms with E-state index in [0.717, 1.165) is 16.8 Å². The number of aryl methyl sites for hydroxylation is 1. The summed E-state index contributed by atoms with van der Waals surface area (Å²) in [6, 6.07) is 17.5. The molecular weight excluding hydrogens is 324 g/mol. The first kappa shape index (κ1) is 17.9. The molecule has 0 radical (unpaired) electrons. The Hall–Kier alpha value is -2.88. The lowest BCUT2D eigenvalue weighted by Crippen LogP contribution is -2.40. The fourth-order valence-corrected chi connectivity index (χ4v) is 3.17. The van der Waals surface area contributed by atoms with E-state index >= 15 is 0 Å². The summed E-state index contributed by atoms with van der Waals surface area (Å²) in [6.07, 6.45) is 4.89. The van der Waals surface area contributed by atoms with Gasteiger partial charge in [0.25, 0.3) is 0 Å². The smallest absolute Gasteiger partial charge is 0.246 e. The summed E-state index contributed by atoms with van der Waals surface area (Å²) in [7, 11) is 0. The van der Waals surface area contributed by atoms with Gasteiger partial charge in [-0.2, -0.15) is 0 Å². The van der Waals surface area contributed by atoms with E-state index in [1.54, 1.807) is 6.08 Å². The van der Waals surface area contributed by atoms with E-state index in [-0.39, 0.29) is 17.7 Å². The molecule has 1 aliphatic heterocycles. The van der Waals surface area contributed by atoms with Crippen LogP contribution in [-0.2, 0) is 9.59 Å². The highest BCUT2D eigenvalue weighted by atomic mass is 16.2. The van der Waals surface area contributed by atoms with Gasteiger partial charge < -0.3 is 10.2 Å². The Morgan fingerprint density at radius 2 is 1.65 bits per heavy atom. The molecule has 1 fully saturated rings. The van der Waals surface area contributed by atoms with Crippen LogP contribution in [0.4, 0.5) is 5.69 Å². The highest BCUT2D eigenvalue weighted by Crippen LogP contribution is 2.20. The van der Waals surface area contributed by atoms with Crippen molar-refractivity contribution in [1.29, 1.82) is 0 Å². The molecule has 4 heteroatoms. The first-order chi connectivity index (χ1) is 12.6. The number of benzene rings is 2. The van der Waals surface area contributed by atoms with Gasteiger partial charge in [-0.05, 0) is 49.1 Å². The zero-order valence-corrected chi connectivity index (χ0v) is 15.0. The molecule has 1 saturated heterocycles. The van der Waals surface area contributed by atoms with Crippen LogP contribution in [0.5, 0.6) is 0 Å². The Kier molecular flexibility index (Phi) is 5.84. The molecule has 0 bridgehead atoms. The van der Waals surface area contributed by atoms with Crippen molar-refractivity contribution >= 4 is 23.6 Å². The molecule has 4 nitrogen and oxygen atoms in total. The maximum absolute atomic E-state index is 12.4. The Morgan fingerprint density at radius 3 is 2.35 bits per heavy atom. The number of amides is 2. The van der Waals surface area contributed by atoms with E-state index in [0.29, 0.717) is 25.9 Å². The molecule has 0 saturated carbocycles. The summed E-state index contributed by atoms with van der Waals surface area (Å²) in [4.78, 5) is 26.6. The standard InChI is InChI=1S/C22H24N2O2/c1-17-7-5-6-8-18(17)11-12-21(25)24-15-13-19(14-16-24)22(26)23-20-9-3-2-4-10-20/h2-12,19H,13-16H2,1H3,(H,23,26)/b12-11+. The fourth-order valence-electron chi connectivity index (χ4n) is 3.17. The number of nitrogens with one attached hydrogen (secondary N) is 1. The van der Waals surface area contributed by atoms with Crippen molar-refractivity contribution in [2.45, 2.75) is 19.8 Å². The summed E-state index contributed by atoms with van der Waals surface area (Å²) in [5, 5.41) is 2.95. The van der Waals surface area contributed by atoms with Gasteiger partial charge >= 0.3 is 0 Å². The number of piperidine rings is 1. The Balaban J connectivity index is 1.51. The van der Waals surface area contributed by atoms with Crippen LogP contribution < -0.4 is 5.32 Å². The number of para-hydroxylation sites is 1. The summed E-state index contributed by atoms with van der Waals surface area (Å²) >= 11 is 0. The van der Waals surface area contributed by atoms with Gasteiger partial charge in [0.1, 0.15) is 0 Å². The van der Waals surface area contributed by atoms with E-state index in [9.17, 15) is 9.59 Å². The topological polar surface area (TPSA) is 49.4 Å². The molecule has 3 rings (SSSR count). The monoisotopic (exact) mass is 348 g/mol. The second-order valence-corrected chi connectivity index (χ2v) is 6.64. The minimum atomic E-state index is -0.0420. The largest absolute Gasteiger partial charge is 0.339 e. The summed E-state index contributed by atoms with van der Waals surface area (Å²) < 4.78 is 0. The first-order valence-electron chi connectivity index (χ1n) is 9.02. The zero-order valence-electron chi connectivity index (χ0n) is 15.0. The van der Waals surface area contributed by atoms with E-state index in [4.69, 9.17) is 0 Å². The van der Waals surface area contributed by atoms with E-state index < -0.39 is 0 Å². The third-order valence-corrected chi connectivity index (χ3v) is 4.81. The van der Waals surface area contributed by atoms with Crippen LogP contribution >= 0.6 is 0 Å². The van der Waals surface area contributed by atoms with Crippen molar-refractivity contribution in [2.24, 2.45) is 5.92 Å². The van der Waals surface area contributed by atoms with Crippen molar-refractivity contribution in [3.8, 4) is 0 Å². The van der Waals surface area contributed by atoms with Crippen LogP contribution in [0.2, 0.25) is 0 Å². The predicted octanol–water partition coefficient (Wildman–Crippen LogP) is 3.89. The second kappa shape index (κ2) is 8.48. The molecular formula is C22H24N2O2. The number of nitrogens with zero attached hydrogens (tertiary/aromatic N) is 1. The van der Waals surface area contributed by atoms with Gasteiger partial charge in [-0.3, -0.25) is 9.59 Å². The Bertz CT molecular complexity index is 791. The molecule has 0 atom stereocenters. The van der Waals surface area contributed by atoms with Gasteiger partial charge in [-0.25, -0.2) is 0 Å². The van der Waals surface area contributed by atoms with Gasteiger partial charge in [-0.15, -0.1) is 0 Å². The number of carbonyl (C=O) groups is 2. The molecule has 2 aromatic carbocycles.